The first-order chi connectivity index (χ1) is 9.31. The molecule has 2 nitrogen and oxygen atoms in total. The molecule has 0 N–H and O–H groups in total. The molecule has 2 aromatic carbocycles. The number of carbonyl (C=O) groups is 1. The largest absolute Gasteiger partial charge is 0.310 e. The Hall–Kier alpha value is -1.74. The first-order valence-electron chi connectivity index (χ1n) is 6.43. The van der Waals surface area contributed by atoms with Gasteiger partial charge in [-0.05, 0) is 24.6 Å². The van der Waals surface area contributed by atoms with Crippen LogP contribution in [0.4, 0.5) is 5.69 Å². The van der Waals surface area contributed by atoms with Crippen LogP contribution in [0.1, 0.15) is 17.7 Å². The number of fused-ring (bicyclic) bond motifs is 1. The minimum atomic E-state index is -0.129. The molecule has 0 saturated heterocycles. The lowest BCUT2D eigenvalue weighted by molar-refractivity contribution is -0.118. The zero-order valence-electron chi connectivity index (χ0n) is 10.7. The maximum Gasteiger partial charge on any atom is 0.245 e. The zero-order chi connectivity index (χ0) is 13.2. The van der Waals surface area contributed by atoms with E-state index in [-0.39, 0.29) is 11.2 Å². The van der Waals surface area contributed by atoms with Crippen LogP contribution in [0.5, 0.6) is 0 Å². The van der Waals surface area contributed by atoms with Gasteiger partial charge in [0, 0.05) is 11.4 Å². The predicted molar refractivity (Wildman–Crippen MR) is 79.5 cm³/mol. The molecule has 19 heavy (non-hydrogen) atoms. The Morgan fingerprint density at radius 3 is 2.47 bits per heavy atom. The lowest BCUT2D eigenvalue weighted by Gasteiger charge is -2.33. The van der Waals surface area contributed by atoms with Gasteiger partial charge in [-0.1, -0.05) is 42.5 Å². The van der Waals surface area contributed by atoms with E-state index < -0.39 is 0 Å². The number of thioether (sulfide) groups is 1. The smallest absolute Gasteiger partial charge is 0.245 e. The second kappa shape index (κ2) is 5.10. The average molecular weight is 269 g/mol. The van der Waals surface area contributed by atoms with E-state index in [0.717, 1.165) is 11.3 Å². The van der Waals surface area contributed by atoms with Crippen molar-refractivity contribution in [1.82, 2.24) is 0 Å². The summed E-state index contributed by atoms with van der Waals surface area (Å²) < 4.78 is 0. The molecular weight excluding hydrogens is 254 g/mol. The third-order valence-electron chi connectivity index (χ3n) is 3.31. The minimum Gasteiger partial charge on any atom is -0.310 e. The van der Waals surface area contributed by atoms with Gasteiger partial charge in [-0.25, -0.2) is 0 Å². The Labute approximate surface area is 117 Å². The predicted octanol–water partition coefficient (Wildman–Crippen LogP) is 3.89. The van der Waals surface area contributed by atoms with Crippen molar-refractivity contribution in [2.24, 2.45) is 0 Å². The number of para-hydroxylation sites is 1. The van der Waals surface area contributed by atoms with Gasteiger partial charge in [0.05, 0.1) is 5.69 Å². The van der Waals surface area contributed by atoms with Crippen LogP contribution in [-0.2, 0) is 4.79 Å². The molecule has 2 aromatic rings. The van der Waals surface area contributed by atoms with Gasteiger partial charge in [0.25, 0.3) is 0 Å². The van der Waals surface area contributed by atoms with Crippen molar-refractivity contribution in [3.05, 3.63) is 60.2 Å². The average Bonchev–Trinajstić information content (AvgIpc) is 2.47. The molecule has 1 aliphatic rings. The second-order valence-corrected chi connectivity index (χ2v) is 5.61. The fourth-order valence-electron chi connectivity index (χ4n) is 2.38. The Bertz CT molecular complexity index is 597. The van der Waals surface area contributed by atoms with Crippen LogP contribution in [0.15, 0.2) is 59.5 Å². The maximum atomic E-state index is 12.6. The van der Waals surface area contributed by atoms with Gasteiger partial charge in [0.2, 0.25) is 5.91 Å². The number of likely N-dealkylation sites (N-methyl/N-ethyl adjacent to an activating group) is 1. The number of rotatable bonds is 2. The minimum absolute atomic E-state index is 0.129. The second-order valence-electron chi connectivity index (χ2n) is 4.46. The molecule has 0 spiro atoms. The summed E-state index contributed by atoms with van der Waals surface area (Å²) >= 11 is 1.65. The van der Waals surface area contributed by atoms with Gasteiger partial charge in [-0.15, -0.1) is 11.8 Å². The summed E-state index contributed by atoms with van der Waals surface area (Å²) in [5.41, 5.74) is 2.11. The number of benzene rings is 2. The van der Waals surface area contributed by atoms with Gasteiger partial charge in [0.15, 0.2) is 0 Å². The highest BCUT2D eigenvalue weighted by molar-refractivity contribution is 8.00. The van der Waals surface area contributed by atoms with E-state index in [1.165, 1.54) is 4.90 Å². The van der Waals surface area contributed by atoms with E-state index in [0.29, 0.717) is 6.54 Å². The van der Waals surface area contributed by atoms with E-state index >= 15 is 0 Å². The number of hydrogen-bond acceptors (Lipinski definition) is 2. The van der Waals surface area contributed by atoms with Crippen molar-refractivity contribution in [1.29, 1.82) is 0 Å². The van der Waals surface area contributed by atoms with E-state index in [4.69, 9.17) is 0 Å². The Morgan fingerprint density at radius 1 is 1.05 bits per heavy atom. The van der Waals surface area contributed by atoms with E-state index in [1.54, 1.807) is 11.8 Å². The molecule has 0 aromatic heterocycles. The summed E-state index contributed by atoms with van der Waals surface area (Å²) in [6.07, 6.45) is 0. The molecule has 0 radical (unpaired) electrons. The third-order valence-corrected chi connectivity index (χ3v) is 4.62. The van der Waals surface area contributed by atoms with Crippen LogP contribution in [0.25, 0.3) is 0 Å². The maximum absolute atomic E-state index is 12.6. The van der Waals surface area contributed by atoms with Gasteiger partial charge in [-0.3, -0.25) is 4.79 Å². The van der Waals surface area contributed by atoms with Crippen LogP contribution in [0, 0.1) is 0 Å². The molecule has 0 aliphatic carbocycles. The van der Waals surface area contributed by atoms with Crippen LogP contribution in [-0.4, -0.2) is 12.5 Å². The summed E-state index contributed by atoms with van der Waals surface area (Å²) in [7, 11) is 0. The number of nitrogens with zero attached hydrogens (tertiary/aromatic N) is 1. The molecular formula is C16H15NOS. The summed E-state index contributed by atoms with van der Waals surface area (Å²) in [6, 6.07) is 18.1. The van der Waals surface area contributed by atoms with Crippen molar-refractivity contribution in [2.75, 3.05) is 11.4 Å². The topological polar surface area (TPSA) is 20.3 Å². The summed E-state index contributed by atoms with van der Waals surface area (Å²) in [6.45, 7) is 2.73. The van der Waals surface area contributed by atoms with Gasteiger partial charge in [0.1, 0.15) is 5.25 Å². The van der Waals surface area contributed by atoms with Crippen molar-refractivity contribution in [3.63, 3.8) is 0 Å². The molecule has 3 rings (SSSR count). The van der Waals surface area contributed by atoms with Crippen LogP contribution in [0.2, 0.25) is 0 Å². The van der Waals surface area contributed by atoms with Crippen LogP contribution < -0.4 is 4.90 Å². The SMILES string of the molecule is CCN1C(=O)C(c2ccccc2)Sc2ccccc21. The van der Waals surface area contributed by atoms with Crippen molar-refractivity contribution in [2.45, 2.75) is 17.1 Å². The van der Waals surface area contributed by atoms with Gasteiger partial charge >= 0.3 is 0 Å². The Kier molecular flexibility index (Phi) is 3.30. The monoisotopic (exact) mass is 269 g/mol. The third kappa shape index (κ3) is 2.15. The molecule has 1 aliphatic heterocycles. The molecule has 1 amide bonds. The summed E-state index contributed by atoms with van der Waals surface area (Å²) in [5.74, 6) is 0.178. The standard InChI is InChI=1S/C16H15NOS/c1-2-17-13-10-6-7-11-14(13)19-15(16(17)18)12-8-4-3-5-9-12/h3-11,15H,2H2,1H3. The fraction of sp³-hybridized carbons (Fsp3) is 0.188. The normalized spacial score (nSPS) is 18.3. The molecule has 1 heterocycles. The molecule has 3 heteroatoms. The first-order valence-corrected chi connectivity index (χ1v) is 7.31. The van der Waals surface area contributed by atoms with E-state index in [1.807, 2.05) is 60.4 Å². The number of carbonyl (C=O) groups excluding carboxylic acids is 1. The quantitative estimate of drug-likeness (QED) is 0.824. The summed E-state index contributed by atoms with van der Waals surface area (Å²) in [5, 5.41) is -0.129. The fourth-order valence-corrected chi connectivity index (χ4v) is 3.61. The van der Waals surface area contributed by atoms with Crippen molar-refractivity contribution >= 4 is 23.4 Å². The molecule has 1 atom stereocenters. The van der Waals surface area contributed by atoms with Gasteiger partial charge in [-0.2, -0.15) is 0 Å². The van der Waals surface area contributed by atoms with Crippen molar-refractivity contribution < 1.29 is 4.79 Å². The lowest BCUT2D eigenvalue weighted by atomic mass is 10.1. The highest BCUT2D eigenvalue weighted by Gasteiger charge is 2.33. The van der Waals surface area contributed by atoms with Crippen LogP contribution >= 0.6 is 11.8 Å². The van der Waals surface area contributed by atoms with Gasteiger partial charge < -0.3 is 4.90 Å². The lowest BCUT2D eigenvalue weighted by Crippen LogP contribution is -2.36. The number of hydrogen-bond donors (Lipinski definition) is 0. The summed E-state index contributed by atoms with van der Waals surface area (Å²) in [4.78, 5) is 15.7. The van der Waals surface area contributed by atoms with Crippen LogP contribution in [0.3, 0.4) is 0 Å². The molecule has 96 valence electrons. The van der Waals surface area contributed by atoms with E-state index in [2.05, 4.69) is 6.07 Å². The molecule has 0 saturated carbocycles. The molecule has 1 unspecified atom stereocenters. The highest BCUT2D eigenvalue weighted by Crippen LogP contribution is 2.46. The number of anilines is 1. The number of amides is 1. The van der Waals surface area contributed by atoms with E-state index in [9.17, 15) is 4.79 Å². The highest BCUT2D eigenvalue weighted by atomic mass is 32.2. The molecule has 0 fully saturated rings. The Balaban J connectivity index is 2.05. The zero-order valence-corrected chi connectivity index (χ0v) is 11.6. The Morgan fingerprint density at radius 2 is 1.74 bits per heavy atom. The first kappa shape index (κ1) is 12.3. The molecule has 0 bridgehead atoms. The van der Waals surface area contributed by atoms with Crippen molar-refractivity contribution in [3.8, 4) is 0 Å².